The van der Waals surface area contributed by atoms with E-state index in [1.807, 2.05) is 60.7 Å². The zero-order valence-corrected chi connectivity index (χ0v) is 24.2. The van der Waals surface area contributed by atoms with Crippen molar-refractivity contribution in [2.24, 2.45) is 0 Å². The summed E-state index contributed by atoms with van der Waals surface area (Å²) >= 11 is 1.71. The van der Waals surface area contributed by atoms with Crippen molar-refractivity contribution in [2.45, 2.75) is 5.92 Å². The van der Waals surface area contributed by atoms with Crippen LogP contribution < -0.4 is 0 Å². The summed E-state index contributed by atoms with van der Waals surface area (Å²) in [5.74, 6) is 1.52. The number of hydrogen-bond donors (Lipinski definition) is 0. The average Bonchev–Trinajstić information content (AvgIpc) is 3.64. The van der Waals surface area contributed by atoms with Gasteiger partial charge in [0.25, 0.3) is 0 Å². The molecule has 1 aliphatic rings. The normalized spacial score (nSPS) is 13.7. The standard InChI is InChI=1S/C40H25N3S/c1-3-11-25(12-4-1)38-41-39(26-13-5-2-6-14-26)43-40(42-38)28-19-21-31-34-23-27(20-22-35(34)44-36(31)24-28)37-32-17-9-7-15-29(32)30-16-8-10-18-33(30)37/h1-24,37H/i7D,8D,17D,18D. The first-order valence-electron chi connectivity index (χ1n) is 16.5. The van der Waals surface area contributed by atoms with Crippen LogP contribution in [0, 0.1) is 0 Å². The average molecular weight is 584 g/mol. The van der Waals surface area contributed by atoms with Crippen molar-refractivity contribution < 1.29 is 5.48 Å². The Morgan fingerprint density at radius 3 is 1.70 bits per heavy atom. The van der Waals surface area contributed by atoms with Crippen molar-refractivity contribution >= 4 is 31.5 Å². The Labute approximate surface area is 264 Å². The zero-order chi connectivity index (χ0) is 32.5. The molecule has 0 radical (unpaired) electrons. The molecule has 0 amide bonds. The number of hydrogen-bond acceptors (Lipinski definition) is 4. The number of aromatic nitrogens is 3. The van der Waals surface area contributed by atoms with E-state index in [1.165, 1.54) is 0 Å². The second-order valence-electron chi connectivity index (χ2n) is 10.9. The van der Waals surface area contributed by atoms with E-state index in [-0.39, 0.29) is 30.1 Å². The first-order valence-corrected chi connectivity index (χ1v) is 15.3. The van der Waals surface area contributed by atoms with Gasteiger partial charge in [0.15, 0.2) is 17.5 Å². The smallest absolute Gasteiger partial charge is 0.164 e. The molecule has 1 aliphatic carbocycles. The highest BCUT2D eigenvalue weighted by molar-refractivity contribution is 7.25. The van der Waals surface area contributed by atoms with Crippen molar-refractivity contribution in [1.29, 1.82) is 0 Å². The van der Waals surface area contributed by atoms with Gasteiger partial charge in [-0.1, -0.05) is 127 Å². The van der Waals surface area contributed by atoms with Gasteiger partial charge < -0.3 is 0 Å². The van der Waals surface area contributed by atoms with Gasteiger partial charge in [0.05, 0.1) is 5.48 Å². The summed E-state index contributed by atoms with van der Waals surface area (Å²) in [6, 6.07) is 40.4. The maximum absolute atomic E-state index is 8.84. The summed E-state index contributed by atoms with van der Waals surface area (Å²) < 4.78 is 36.5. The molecule has 2 aromatic heterocycles. The van der Waals surface area contributed by atoms with Crippen LogP contribution in [0.2, 0.25) is 0 Å². The zero-order valence-electron chi connectivity index (χ0n) is 27.4. The van der Waals surface area contributed by atoms with Gasteiger partial charge in [0, 0.05) is 42.8 Å². The summed E-state index contributed by atoms with van der Waals surface area (Å²) in [5, 5.41) is 2.21. The minimum Gasteiger partial charge on any atom is -0.208 e. The van der Waals surface area contributed by atoms with Crippen LogP contribution >= 0.6 is 11.3 Å². The van der Waals surface area contributed by atoms with Crippen LogP contribution in [-0.4, -0.2) is 15.0 Å². The Kier molecular flexibility index (Phi) is 4.87. The van der Waals surface area contributed by atoms with Crippen LogP contribution in [0.4, 0.5) is 0 Å². The second kappa shape index (κ2) is 10.1. The largest absolute Gasteiger partial charge is 0.208 e. The molecule has 9 rings (SSSR count). The highest BCUT2D eigenvalue weighted by Crippen LogP contribution is 2.49. The molecule has 0 unspecified atom stereocenters. The van der Waals surface area contributed by atoms with Gasteiger partial charge >= 0.3 is 0 Å². The molecule has 8 aromatic rings. The lowest BCUT2D eigenvalue weighted by molar-refractivity contribution is 1.02. The molecule has 3 nitrogen and oxygen atoms in total. The van der Waals surface area contributed by atoms with Gasteiger partial charge in [0.2, 0.25) is 0 Å². The predicted octanol–water partition coefficient (Wildman–Crippen LogP) is 10.4. The first kappa shape index (κ1) is 21.3. The van der Waals surface area contributed by atoms with Gasteiger partial charge in [-0.2, -0.15) is 0 Å². The van der Waals surface area contributed by atoms with E-state index >= 15 is 0 Å². The number of benzene rings is 6. The Morgan fingerprint density at radius 1 is 0.500 bits per heavy atom. The lowest BCUT2D eigenvalue weighted by Crippen LogP contribution is -2.00. The molecule has 0 saturated heterocycles. The quantitative estimate of drug-likeness (QED) is 0.207. The van der Waals surface area contributed by atoms with Gasteiger partial charge in [-0.05, 0) is 46.0 Å². The molecular formula is C40H25N3S. The Hall–Kier alpha value is -5.45. The summed E-state index contributed by atoms with van der Waals surface area (Å²) in [4.78, 5) is 14.7. The Balaban J connectivity index is 1.18. The minimum atomic E-state index is -0.326. The fourth-order valence-corrected chi connectivity index (χ4v) is 7.38. The molecule has 0 aliphatic heterocycles. The second-order valence-corrected chi connectivity index (χ2v) is 12.0. The maximum atomic E-state index is 8.84. The molecule has 206 valence electrons. The molecule has 0 atom stereocenters. The van der Waals surface area contributed by atoms with Gasteiger partial charge in [-0.25, -0.2) is 15.0 Å². The molecule has 0 fully saturated rings. The Bertz CT molecular complexity index is 2450. The molecule has 2 heterocycles. The molecule has 4 heteroatoms. The third kappa shape index (κ3) is 4.07. The van der Waals surface area contributed by atoms with E-state index in [2.05, 4.69) is 36.4 Å². The Morgan fingerprint density at radius 2 is 1.09 bits per heavy atom. The maximum Gasteiger partial charge on any atom is 0.164 e. The monoisotopic (exact) mass is 583 g/mol. The molecule has 0 saturated carbocycles. The van der Waals surface area contributed by atoms with Crippen LogP contribution in [0.3, 0.4) is 0 Å². The van der Waals surface area contributed by atoms with E-state index in [0.717, 1.165) is 64.7 Å². The number of fused-ring (bicyclic) bond motifs is 6. The topological polar surface area (TPSA) is 38.7 Å². The molecule has 6 aromatic carbocycles. The van der Waals surface area contributed by atoms with Crippen molar-refractivity contribution in [3.63, 3.8) is 0 Å². The fourth-order valence-electron chi connectivity index (χ4n) is 6.25. The van der Waals surface area contributed by atoms with Gasteiger partial charge in [0.1, 0.15) is 0 Å². The van der Waals surface area contributed by atoms with Crippen LogP contribution in [0.1, 0.15) is 28.1 Å². The summed E-state index contributed by atoms with van der Waals surface area (Å²) in [5.41, 5.74) is 6.87. The fraction of sp³-hybridized carbons (Fsp3) is 0.0250. The minimum absolute atomic E-state index is 0.257. The summed E-state index contributed by atoms with van der Waals surface area (Å²) in [7, 11) is 0. The summed E-state index contributed by atoms with van der Waals surface area (Å²) in [6.45, 7) is 0. The van der Waals surface area contributed by atoms with Crippen molar-refractivity contribution in [3.8, 4) is 45.3 Å². The SMILES string of the molecule is [2H]c1cc([2H])c2c(c1)-c1cc([2H])cc([2H])c1C2c1ccc2sc3cc(-c4nc(-c5ccccc5)nc(-c5ccccc5)n4)ccc3c2c1. The van der Waals surface area contributed by atoms with Gasteiger partial charge in [-0.15, -0.1) is 11.3 Å². The predicted molar refractivity (Wildman–Crippen MR) is 182 cm³/mol. The van der Waals surface area contributed by atoms with Crippen LogP contribution in [0.5, 0.6) is 0 Å². The number of thiophene rings is 1. The number of nitrogens with zero attached hydrogens (tertiary/aromatic N) is 3. The van der Waals surface area contributed by atoms with Gasteiger partial charge in [-0.3, -0.25) is 0 Å². The van der Waals surface area contributed by atoms with E-state index in [0.29, 0.717) is 17.5 Å². The van der Waals surface area contributed by atoms with E-state index in [9.17, 15) is 0 Å². The van der Waals surface area contributed by atoms with Crippen molar-refractivity contribution in [1.82, 2.24) is 15.0 Å². The molecule has 44 heavy (non-hydrogen) atoms. The lowest BCUT2D eigenvalue weighted by Gasteiger charge is -2.14. The van der Waals surface area contributed by atoms with E-state index in [4.69, 9.17) is 20.4 Å². The molecule has 0 bridgehead atoms. The van der Waals surface area contributed by atoms with Crippen LogP contribution in [0.15, 0.2) is 145 Å². The van der Waals surface area contributed by atoms with E-state index < -0.39 is 0 Å². The van der Waals surface area contributed by atoms with Crippen LogP contribution in [0.25, 0.3) is 65.5 Å². The van der Waals surface area contributed by atoms with E-state index in [1.54, 1.807) is 35.6 Å². The molecular weight excluding hydrogens is 555 g/mol. The molecule has 0 N–H and O–H groups in total. The van der Waals surface area contributed by atoms with Crippen molar-refractivity contribution in [2.75, 3.05) is 0 Å². The third-order valence-corrected chi connectivity index (χ3v) is 9.45. The third-order valence-electron chi connectivity index (χ3n) is 8.31. The summed E-state index contributed by atoms with van der Waals surface area (Å²) in [6.07, 6.45) is 0. The highest BCUT2D eigenvalue weighted by atomic mass is 32.1. The van der Waals surface area contributed by atoms with Crippen molar-refractivity contribution in [3.05, 3.63) is 162 Å². The van der Waals surface area contributed by atoms with Crippen LogP contribution in [-0.2, 0) is 0 Å². The number of rotatable bonds is 4. The molecule has 0 spiro atoms. The lowest BCUT2D eigenvalue weighted by atomic mass is 9.88. The highest BCUT2D eigenvalue weighted by Gasteiger charge is 2.29. The first-order chi connectivity index (χ1) is 23.4.